The van der Waals surface area contributed by atoms with Gasteiger partial charge in [0.05, 0.1) is 13.1 Å². The Morgan fingerprint density at radius 1 is 1.22 bits per heavy atom. The molecule has 4 N–H and O–H groups in total. The number of carbonyl (C=O) groups excluding carboxylic acids is 3. The quantitative estimate of drug-likeness (QED) is 0.551. The van der Waals surface area contributed by atoms with Gasteiger partial charge >= 0.3 is 0 Å². The first-order valence-electron chi connectivity index (χ1n) is 6.04. The Balaban J connectivity index is 2.22. The van der Waals surface area contributed by atoms with Gasteiger partial charge in [-0.15, -0.1) is 0 Å². The van der Waals surface area contributed by atoms with Crippen LogP contribution in [0.1, 0.15) is 19.8 Å². The van der Waals surface area contributed by atoms with Crippen molar-refractivity contribution < 1.29 is 14.4 Å². The van der Waals surface area contributed by atoms with Crippen LogP contribution in [0.25, 0.3) is 0 Å². The van der Waals surface area contributed by atoms with Crippen LogP contribution in [0.5, 0.6) is 0 Å². The molecule has 3 amide bonds. The number of hydrogen-bond acceptors (Lipinski definition) is 4. The van der Waals surface area contributed by atoms with Crippen LogP contribution in [0, 0.1) is 0 Å². The molecule has 0 aromatic carbocycles. The van der Waals surface area contributed by atoms with Crippen molar-refractivity contribution >= 4 is 17.7 Å². The van der Waals surface area contributed by atoms with Gasteiger partial charge in [-0.05, 0) is 12.8 Å². The molecule has 1 saturated heterocycles. The lowest BCUT2D eigenvalue weighted by molar-refractivity contribution is -0.130. The van der Waals surface area contributed by atoms with Gasteiger partial charge < -0.3 is 21.3 Å². The Hall–Kier alpha value is -1.63. The molecule has 1 heterocycles. The summed E-state index contributed by atoms with van der Waals surface area (Å²) in [6.45, 7) is 2.69. The molecule has 0 unspecified atom stereocenters. The first kappa shape index (κ1) is 14.4. The van der Waals surface area contributed by atoms with E-state index in [9.17, 15) is 14.4 Å². The number of carbonyl (C=O) groups is 3. The number of nitrogens with zero attached hydrogens (tertiary/aromatic N) is 1. The highest BCUT2D eigenvalue weighted by Crippen LogP contribution is 2.09. The summed E-state index contributed by atoms with van der Waals surface area (Å²) in [4.78, 5) is 35.2. The molecule has 1 rings (SSSR count). The van der Waals surface area contributed by atoms with Crippen LogP contribution in [-0.4, -0.2) is 54.8 Å². The molecule has 102 valence electrons. The maximum atomic E-state index is 11.5. The van der Waals surface area contributed by atoms with Gasteiger partial charge in [0.1, 0.15) is 0 Å². The minimum atomic E-state index is -0.350. The first-order chi connectivity index (χ1) is 8.52. The molecule has 0 atom stereocenters. The zero-order chi connectivity index (χ0) is 13.5. The lowest BCUT2D eigenvalue weighted by Crippen LogP contribution is -2.48. The van der Waals surface area contributed by atoms with Gasteiger partial charge in [-0.1, -0.05) is 0 Å². The molecule has 7 heteroatoms. The van der Waals surface area contributed by atoms with Gasteiger partial charge in [0, 0.05) is 26.1 Å². The molecule has 1 aliphatic rings. The third-order valence-corrected chi connectivity index (χ3v) is 2.94. The van der Waals surface area contributed by atoms with Gasteiger partial charge in [-0.3, -0.25) is 14.4 Å². The highest BCUT2D eigenvalue weighted by atomic mass is 16.2. The molecule has 0 bridgehead atoms. The second-order valence-corrected chi connectivity index (χ2v) is 4.33. The van der Waals surface area contributed by atoms with Crippen molar-refractivity contribution in [2.75, 3.05) is 26.2 Å². The summed E-state index contributed by atoms with van der Waals surface area (Å²) in [5.41, 5.74) is 5.10. The molecule has 0 aromatic heterocycles. The van der Waals surface area contributed by atoms with Crippen LogP contribution >= 0.6 is 0 Å². The van der Waals surface area contributed by atoms with Crippen LogP contribution in [0.3, 0.4) is 0 Å². The Bertz CT molecular complexity index is 324. The molecule has 0 aromatic rings. The van der Waals surface area contributed by atoms with E-state index in [-0.39, 0.29) is 36.9 Å². The monoisotopic (exact) mass is 256 g/mol. The van der Waals surface area contributed by atoms with Gasteiger partial charge in [0.2, 0.25) is 17.7 Å². The summed E-state index contributed by atoms with van der Waals surface area (Å²) < 4.78 is 0. The number of hydrogen-bond donors (Lipinski definition) is 3. The minimum Gasteiger partial charge on any atom is -0.352 e. The van der Waals surface area contributed by atoms with Crippen molar-refractivity contribution in [2.45, 2.75) is 25.8 Å². The fourth-order valence-electron chi connectivity index (χ4n) is 1.87. The number of likely N-dealkylation sites (tertiary alicyclic amines) is 1. The number of amides is 3. The number of nitrogens with two attached hydrogens (primary N) is 1. The molecule has 0 radical (unpaired) electrons. The summed E-state index contributed by atoms with van der Waals surface area (Å²) in [6.07, 6.45) is 1.49. The molecule has 0 aliphatic carbocycles. The highest BCUT2D eigenvalue weighted by Gasteiger charge is 2.21. The molecule has 0 saturated carbocycles. The van der Waals surface area contributed by atoms with Crippen molar-refractivity contribution in [1.82, 2.24) is 15.5 Å². The Morgan fingerprint density at radius 3 is 2.33 bits per heavy atom. The normalized spacial score (nSPS) is 16.2. The first-order valence-corrected chi connectivity index (χ1v) is 6.04. The Kier molecular flexibility index (Phi) is 5.57. The van der Waals surface area contributed by atoms with E-state index in [2.05, 4.69) is 10.6 Å². The summed E-state index contributed by atoms with van der Waals surface area (Å²) >= 11 is 0. The highest BCUT2D eigenvalue weighted by molar-refractivity contribution is 5.85. The van der Waals surface area contributed by atoms with E-state index >= 15 is 0 Å². The van der Waals surface area contributed by atoms with Crippen LogP contribution in [-0.2, 0) is 14.4 Å². The predicted octanol–water partition coefficient (Wildman–Crippen LogP) is -1.81. The van der Waals surface area contributed by atoms with Crippen molar-refractivity contribution in [1.29, 1.82) is 0 Å². The van der Waals surface area contributed by atoms with E-state index < -0.39 is 0 Å². The van der Waals surface area contributed by atoms with E-state index in [1.807, 2.05) is 0 Å². The molecule has 1 fully saturated rings. The van der Waals surface area contributed by atoms with E-state index in [1.54, 1.807) is 11.8 Å². The van der Waals surface area contributed by atoms with Crippen LogP contribution in [0.15, 0.2) is 0 Å². The lowest BCUT2D eigenvalue weighted by atomic mass is 10.1. The van der Waals surface area contributed by atoms with E-state index in [0.717, 1.165) is 12.8 Å². The topological polar surface area (TPSA) is 105 Å². The molecule has 7 nitrogen and oxygen atoms in total. The second-order valence-electron chi connectivity index (χ2n) is 4.33. The number of rotatable bonds is 4. The summed E-state index contributed by atoms with van der Waals surface area (Å²) in [7, 11) is 0. The SMILES string of the molecule is CC(=O)N1CCC(NC(=O)CNC(=O)CN)CC1. The van der Waals surface area contributed by atoms with Gasteiger partial charge in [-0.2, -0.15) is 0 Å². The summed E-state index contributed by atoms with van der Waals surface area (Å²) in [5, 5.41) is 5.23. The summed E-state index contributed by atoms with van der Waals surface area (Å²) in [6, 6.07) is 0.0721. The third kappa shape index (κ3) is 4.70. The third-order valence-electron chi connectivity index (χ3n) is 2.94. The Morgan fingerprint density at radius 2 is 1.83 bits per heavy atom. The van der Waals surface area contributed by atoms with E-state index in [4.69, 9.17) is 5.73 Å². The largest absolute Gasteiger partial charge is 0.352 e. The maximum absolute atomic E-state index is 11.5. The van der Waals surface area contributed by atoms with E-state index in [1.165, 1.54) is 0 Å². The lowest BCUT2D eigenvalue weighted by Gasteiger charge is -2.31. The predicted molar refractivity (Wildman–Crippen MR) is 65.5 cm³/mol. The fraction of sp³-hybridized carbons (Fsp3) is 0.727. The molecule has 0 spiro atoms. The Labute approximate surface area is 106 Å². The number of nitrogens with one attached hydrogen (secondary N) is 2. The van der Waals surface area contributed by atoms with Crippen LogP contribution in [0.4, 0.5) is 0 Å². The maximum Gasteiger partial charge on any atom is 0.239 e. The summed E-state index contributed by atoms with van der Waals surface area (Å²) in [5.74, 6) is -0.510. The zero-order valence-corrected chi connectivity index (χ0v) is 10.6. The molecule has 1 aliphatic heterocycles. The average molecular weight is 256 g/mol. The van der Waals surface area contributed by atoms with Crippen LogP contribution in [0.2, 0.25) is 0 Å². The van der Waals surface area contributed by atoms with E-state index in [0.29, 0.717) is 13.1 Å². The minimum absolute atomic E-state index is 0.0526. The van der Waals surface area contributed by atoms with Crippen LogP contribution < -0.4 is 16.4 Å². The van der Waals surface area contributed by atoms with Crippen molar-refractivity contribution in [3.8, 4) is 0 Å². The zero-order valence-electron chi connectivity index (χ0n) is 10.6. The fourth-order valence-corrected chi connectivity index (χ4v) is 1.87. The number of piperidine rings is 1. The smallest absolute Gasteiger partial charge is 0.239 e. The molecular formula is C11H20N4O3. The van der Waals surface area contributed by atoms with Gasteiger partial charge in [0.25, 0.3) is 0 Å². The van der Waals surface area contributed by atoms with Gasteiger partial charge in [-0.25, -0.2) is 0 Å². The molecular weight excluding hydrogens is 236 g/mol. The van der Waals surface area contributed by atoms with Crippen molar-refractivity contribution in [3.05, 3.63) is 0 Å². The van der Waals surface area contributed by atoms with Crippen molar-refractivity contribution in [2.24, 2.45) is 5.73 Å². The van der Waals surface area contributed by atoms with Gasteiger partial charge in [0.15, 0.2) is 0 Å². The van der Waals surface area contributed by atoms with Crippen molar-refractivity contribution in [3.63, 3.8) is 0 Å². The molecule has 18 heavy (non-hydrogen) atoms. The average Bonchev–Trinajstić information content (AvgIpc) is 2.36. The second kappa shape index (κ2) is 6.95. The standard InChI is InChI=1S/C11H20N4O3/c1-8(16)15-4-2-9(3-5-15)14-11(18)7-13-10(17)6-12/h9H,2-7,12H2,1H3,(H,13,17)(H,14,18).